The van der Waals surface area contributed by atoms with E-state index in [-0.39, 0.29) is 22.9 Å². The Kier molecular flexibility index (Phi) is 19.8. The van der Waals surface area contributed by atoms with E-state index < -0.39 is 20.5 Å². The van der Waals surface area contributed by atoms with Crippen LogP contribution in [0.3, 0.4) is 0 Å². The normalized spacial score (nSPS) is 15.9. The van der Waals surface area contributed by atoms with E-state index in [1.54, 1.807) is 7.11 Å². The van der Waals surface area contributed by atoms with Crippen LogP contribution < -0.4 is 62.7 Å². The molecule has 0 fully saturated rings. The van der Waals surface area contributed by atoms with E-state index >= 15 is 0 Å². The summed E-state index contributed by atoms with van der Waals surface area (Å²) in [6.07, 6.45) is -0.148. The molecule has 1 aliphatic rings. The van der Waals surface area contributed by atoms with Gasteiger partial charge in [0.25, 0.3) is 0 Å². The molecule has 0 atom stereocenters. The molecule has 14 nitrogen and oxygen atoms in total. The maximum absolute atomic E-state index is 8.49. The Bertz CT molecular complexity index is 827. The summed E-state index contributed by atoms with van der Waals surface area (Å²) < 4.78 is 85.6. The molecular formula is C22H31Cl2CoN3O11. The van der Waals surface area contributed by atoms with Crippen LogP contribution in [-0.2, 0) is 34.6 Å². The van der Waals surface area contributed by atoms with Crippen LogP contribution in [0.1, 0.15) is 11.1 Å². The van der Waals surface area contributed by atoms with E-state index in [0.717, 1.165) is 61.9 Å². The zero-order chi connectivity index (χ0) is 28.4. The van der Waals surface area contributed by atoms with Gasteiger partial charge in [-0.25, -0.2) is 37.3 Å². The first kappa shape index (κ1) is 37.6. The Hall–Kier alpha value is -1.35. The summed E-state index contributed by atoms with van der Waals surface area (Å²) >= 11 is 0. The number of fused-ring (bicyclic) bond motifs is 2. The van der Waals surface area contributed by atoms with E-state index in [1.807, 2.05) is 36.4 Å². The Labute approximate surface area is 241 Å². The number of benzene rings is 2. The molecule has 223 valence electrons. The van der Waals surface area contributed by atoms with Crippen LogP contribution in [0.5, 0.6) is 11.5 Å². The molecule has 17 heteroatoms. The zero-order valence-electron chi connectivity index (χ0n) is 20.9. The number of nitrogens with one attached hydrogen (secondary N) is 3. The minimum Gasteiger partial charge on any atom is -0.490 e. The third-order valence-electron chi connectivity index (χ3n) is 4.72. The van der Waals surface area contributed by atoms with E-state index in [0.29, 0.717) is 13.2 Å². The van der Waals surface area contributed by atoms with Crippen molar-refractivity contribution in [2.24, 2.45) is 0 Å². The number of ether oxygens (including phenoxy) is 3. The molecule has 3 N–H and O–H groups in total. The van der Waals surface area contributed by atoms with Crippen LogP contribution >= 0.6 is 0 Å². The minimum atomic E-state index is -4.94. The topological polar surface area (TPSA) is 248 Å². The van der Waals surface area contributed by atoms with Crippen molar-refractivity contribution in [2.75, 3.05) is 46.5 Å². The first-order valence-electron chi connectivity index (χ1n) is 11.2. The fourth-order valence-corrected chi connectivity index (χ4v) is 3.06. The first-order valence-corrected chi connectivity index (χ1v) is 13.6. The summed E-state index contributed by atoms with van der Waals surface area (Å²) in [5.74, 6) is 1.77. The molecular weight excluding hydrogens is 612 g/mol. The van der Waals surface area contributed by atoms with Gasteiger partial charge in [-0.2, -0.15) is 0 Å². The second-order valence-corrected chi connectivity index (χ2v) is 9.07. The fourth-order valence-electron chi connectivity index (χ4n) is 3.06. The average molecular weight is 643 g/mol. The molecule has 0 saturated carbocycles. The largest absolute Gasteiger partial charge is 2.00 e. The van der Waals surface area contributed by atoms with E-state index in [4.69, 9.17) is 51.5 Å². The molecule has 1 radical (unpaired) electrons. The predicted octanol–water partition coefficient (Wildman–Crippen LogP) is -7.57. The minimum absolute atomic E-state index is 0. The molecule has 0 amide bonds. The smallest absolute Gasteiger partial charge is 0.490 e. The number of hydrogen-bond donors (Lipinski definition) is 3. The van der Waals surface area contributed by atoms with Gasteiger partial charge in [-0.3, -0.25) is 0 Å². The van der Waals surface area contributed by atoms with Gasteiger partial charge in [0.15, 0.2) is 0 Å². The summed E-state index contributed by atoms with van der Waals surface area (Å²) in [5, 5.41) is 10.4. The van der Waals surface area contributed by atoms with Crippen molar-refractivity contribution >= 4 is 0 Å². The molecule has 3 rings (SSSR count). The second kappa shape index (κ2) is 20.5. The van der Waals surface area contributed by atoms with Gasteiger partial charge in [-0.1, -0.05) is 36.4 Å². The van der Waals surface area contributed by atoms with Gasteiger partial charge < -0.3 is 30.2 Å². The van der Waals surface area contributed by atoms with Crippen LogP contribution in [0, 0.1) is 20.5 Å². The van der Waals surface area contributed by atoms with Gasteiger partial charge in [-0.05, 0) is 12.1 Å². The van der Waals surface area contributed by atoms with Crippen molar-refractivity contribution in [2.45, 2.75) is 19.2 Å². The van der Waals surface area contributed by atoms with Crippen molar-refractivity contribution in [3.63, 3.8) is 0 Å². The Morgan fingerprint density at radius 3 is 1.33 bits per heavy atom. The van der Waals surface area contributed by atoms with Gasteiger partial charge in [0.2, 0.25) is 0 Å². The second-order valence-electron chi connectivity index (χ2n) is 7.55. The molecule has 39 heavy (non-hydrogen) atoms. The van der Waals surface area contributed by atoms with E-state index in [1.165, 1.54) is 0 Å². The number of methoxy groups -OCH3 is 1. The van der Waals surface area contributed by atoms with Crippen LogP contribution in [0.25, 0.3) is 0 Å². The molecule has 0 unspecified atom stereocenters. The Morgan fingerprint density at radius 1 is 0.641 bits per heavy atom. The molecule has 0 aliphatic carbocycles. The zero-order valence-corrected chi connectivity index (χ0v) is 23.5. The molecule has 2 aromatic carbocycles. The number of para-hydroxylation sites is 2. The van der Waals surface area contributed by atoms with Crippen LogP contribution in [0.15, 0.2) is 48.5 Å². The van der Waals surface area contributed by atoms with E-state index in [2.05, 4.69) is 28.1 Å². The predicted molar refractivity (Wildman–Crippen MR) is 111 cm³/mol. The molecule has 0 aromatic heterocycles. The van der Waals surface area contributed by atoms with Crippen molar-refractivity contribution < 1.29 is 88.7 Å². The Morgan fingerprint density at radius 2 is 0.974 bits per heavy atom. The van der Waals surface area contributed by atoms with Gasteiger partial charge in [0.05, 0.1) is 0 Å². The monoisotopic (exact) mass is 642 g/mol. The average Bonchev–Trinajstić information content (AvgIpc) is 2.82. The summed E-state index contributed by atoms with van der Waals surface area (Å²) in [7, 11) is -8.20. The third-order valence-corrected chi connectivity index (χ3v) is 4.72. The van der Waals surface area contributed by atoms with Crippen molar-refractivity contribution in [3.8, 4) is 11.5 Å². The summed E-state index contributed by atoms with van der Waals surface area (Å²) in [6.45, 7) is 6.10. The van der Waals surface area contributed by atoms with Crippen molar-refractivity contribution in [1.29, 1.82) is 0 Å². The van der Waals surface area contributed by atoms with Gasteiger partial charge >= 0.3 is 16.8 Å². The quantitative estimate of drug-likeness (QED) is 0.261. The maximum atomic E-state index is 8.49. The SMILES string of the molecule is COC1COc2ccccc2CNCCNCCNCc2ccccc2OC1.[Co+2].[O-][Cl+3]([O-])([O-])[O-].[O-][Cl+3]([O-])([O-])[O-]. The molecule has 2 aromatic rings. The molecule has 0 bridgehead atoms. The summed E-state index contributed by atoms with van der Waals surface area (Å²) in [5.41, 5.74) is 2.29. The van der Waals surface area contributed by atoms with Crippen molar-refractivity contribution in [3.05, 3.63) is 59.7 Å². The van der Waals surface area contributed by atoms with Crippen LogP contribution in [0.2, 0.25) is 0 Å². The van der Waals surface area contributed by atoms with Crippen molar-refractivity contribution in [1.82, 2.24) is 16.0 Å². The van der Waals surface area contributed by atoms with Gasteiger partial charge in [-0.15, -0.1) is 20.5 Å². The van der Waals surface area contributed by atoms with Gasteiger partial charge in [0, 0.05) is 57.5 Å². The Balaban J connectivity index is 0.00000113. The third kappa shape index (κ3) is 22.1. The molecule has 1 aliphatic heterocycles. The number of rotatable bonds is 1. The maximum Gasteiger partial charge on any atom is 2.00 e. The first-order chi connectivity index (χ1) is 17.9. The number of hydrogen-bond acceptors (Lipinski definition) is 14. The number of halogens is 2. The molecule has 0 spiro atoms. The van der Waals surface area contributed by atoms with Crippen LogP contribution in [0.4, 0.5) is 0 Å². The van der Waals surface area contributed by atoms with Gasteiger partial charge in [0.1, 0.15) is 30.8 Å². The summed E-state index contributed by atoms with van der Waals surface area (Å²) in [4.78, 5) is 0. The van der Waals surface area contributed by atoms with Crippen LogP contribution in [-0.4, -0.2) is 52.6 Å². The molecule has 1 heterocycles. The fraction of sp³-hybridized carbons (Fsp3) is 0.455. The molecule has 0 saturated heterocycles. The van der Waals surface area contributed by atoms with E-state index in [9.17, 15) is 0 Å². The summed E-state index contributed by atoms with van der Waals surface area (Å²) in [6, 6.07) is 16.2. The standard InChI is InChI=1S/C22H31N3O3.2ClHO4.Co/c1-26-20-16-27-21-8-4-2-6-18(21)14-24-12-10-23-11-13-25-15-19-7-3-5-9-22(19)28-17-20;2*2-1(3,4)5;/h2-9,20,23-25H,10-17H2,1H3;2*(H,2,3,4,5);/q;;;+2/p-2.